The fourth-order valence-electron chi connectivity index (χ4n) is 3.28. The summed E-state index contributed by atoms with van der Waals surface area (Å²) in [4.78, 5) is 0.251. The Balaban J connectivity index is 2.02. The maximum atomic E-state index is 13.4. The lowest BCUT2D eigenvalue weighted by Gasteiger charge is -2.27. The van der Waals surface area contributed by atoms with E-state index in [0.717, 1.165) is 16.7 Å². The first-order valence-corrected chi connectivity index (χ1v) is 11.8. The highest BCUT2D eigenvalue weighted by molar-refractivity contribution is 7.89. The molecule has 156 valence electrons. The molecule has 3 rings (SSSR count). The van der Waals surface area contributed by atoms with Crippen LogP contribution in [-0.4, -0.2) is 25.3 Å². The summed E-state index contributed by atoms with van der Waals surface area (Å²) in [7, 11) is -3.66. The van der Waals surface area contributed by atoms with E-state index in [1.54, 1.807) is 28.6 Å². The zero-order valence-electron chi connectivity index (χ0n) is 17.2. The van der Waals surface area contributed by atoms with Crippen molar-refractivity contribution in [3.05, 3.63) is 107 Å². The smallest absolute Gasteiger partial charge is 0.207 e. The first-order chi connectivity index (χ1) is 14.4. The molecule has 1 atom stereocenters. The second-order valence-electron chi connectivity index (χ2n) is 7.14. The molecule has 5 heteroatoms. The summed E-state index contributed by atoms with van der Waals surface area (Å²) in [6.45, 7) is 4.21. The molecule has 0 aliphatic carbocycles. The Morgan fingerprint density at radius 1 is 0.900 bits per heavy atom. The molecule has 0 saturated carbocycles. The summed E-state index contributed by atoms with van der Waals surface area (Å²) in [5.41, 5.74) is 3.11. The summed E-state index contributed by atoms with van der Waals surface area (Å²) in [6, 6.07) is 26.3. The third-order valence-electron chi connectivity index (χ3n) is 5.15. The molecule has 0 heterocycles. The van der Waals surface area contributed by atoms with E-state index in [2.05, 4.69) is 0 Å². The van der Waals surface area contributed by atoms with Crippen molar-refractivity contribution in [3.63, 3.8) is 0 Å². The first kappa shape index (κ1) is 22.3. The van der Waals surface area contributed by atoms with Gasteiger partial charge in [-0.15, -0.1) is 0 Å². The van der Waals surface area contributed by atoms with Crippen LogP contribution in [0.4, 0.5) is 0 Å². The van der Waals surface area contributed by atoms with Gasteiger partial charge in [0, 0.05) is 17.6 Å². The van der Waals surface area contributed by atoms with Gasteiger partial charge in [0.05, 0.1) is 4.90 Å². The molecule has 0 bridgehead atoms. The largest absolute Gasteiger partial charge is 0.243 e. The van der Waals surface area contributed by atoms with E-state index in [-0.39, 0.29) is 17.5 Å². The van der Waals surface area contributed by atoms with Crippen LogP contribution in [-0.2, 0) is 10.0 Å². The molecule has 1 unspecified atom stereocenters. The zero-order valence-corrected chi connectivity index (χ0v) is 18.8. The molecule has 0 spiro atoms. The van der Waals surface area contributed by atoms with E-state index in [9.17, 15) is 8.42 Å². The minimum absolute atomic E-state index is 0.144. The Hall–Kier alpha value is -2.40. The van der Waals surface area contributed by atoms with E-state index < -0.39 is 10.0 Å². The second kappa shape index (κ2) is 10.1. The molecular weight excluding hydrogens is 414 g/mol. The molecular formula is C25H26ClNO2S. The van der Waals surface area contributed by atoms with Crippen LogP contribution in [0.15, 0.2) is 95.9 Å². The molecule has 3 aromatic carbocycles. The van der Waals surface area contributed by atoms with Crippen LogP contribution in [0, 0.1) is 0 Å². The number of rotatable bonds is 8. The van der Waals surface area contributed by atoms with E-state index in [1.807, 2.05) is 80.6 Å². The highest BCUT2D eigenvalue weighted by Crippen LogP contribution is 2.26. The number of nitrogens with zero attached hydrogens (tertiary/aromatic N) is 1. The topological polar surface area (TPSA) is 37.4 Å². The summed E-state index contributed by atoms with van der Waals surface area (Å²) in [6.07, 6.45) is 2.72. The van der Waals surface area contributed by atoms with Crippen molar-refractivity contribution in [1.29, 1.82) is 0 Å². The number of halogens is 1. The molecule has 3 aromatic rings. The van der Waals surface area contributed by atoms with E-state index in [0.29, 0.717) is 11.4 Å². The Labute approximate surface area is 184 Å². The van der Waals surface area contributed by atoms with Crippen LogP contribution in [0.2, 0.25) is 5.02 Å². The van der Waals surface area contributed by atoms with Crippen LogP contribution >= 0.6 is 11.6 Å². The average molecular weight is 440 g/mol. The number of sulfonamides is 1. The van der Waals surface area contributed by atoms with Gasteiger partial charge in [-0.25, -0.2) is 8.42 Å². The van der Waals surface area contributed by atoms with E-state index in [4.69, 9.17) is 11.6 Å². The molecule has 0 aliphatic heterocycles. The van der Waals surface area contributed by atoms with Crippen LogP contribution in [0.5, 0.6) is 0 Å². The second-order valence-corrected chi connectivity index (χ2v) is 9.46. The van der Waals surface area contributed by atoms with Gasteiger partial charge >= 0.3 is 0 Å². The van der Waals surface area contributed by atoms with Gasteiger partial charge in [-0.2, -0.15) is 4.31 Å². The van der Waals surface area contributed by atoms with Crippen molar-refractivity contribution in [2.24, 2.45) is 0 Å². The van der Waals surface area contributed by atoms with E-state index >= 15 is 0 Å². The zero-order chi connectivity index (χ0) is 21.6. The Kier molecular flexibility index (Phi) is 7.48. The fourth-order valence-corrected chi connectivity index (χ4v) is 5.05. The lowest BCUT2D eigenvalue weighted by Crippen LogP contribution is -2.38. The third-order valence-corrected chi connectivity index (χ3v) is 7.39. The van der Waals surface area contributed by atoms with Gasteiger partial charge in [0.2, 0.25) is 10.0 Å². The fraction of sp³-hybridized carbons (Fsp3) is 0.200. The minimum atomic E-state index is -3.66. The molecule has 0 radical (unpaired) electrons. The molecule has 0 N–H and O–H groups in total. The van der Waals surface area contributed by atoms with Gasteiger partial charge in [-0.05, 0) is 54.3 Å². The summed E-state index contributed by atoms with van der Waals surface area (Å²) < 4.78 is 28.3. The highest BCUT2D eigenvalue weighted by atomic mass is 35.5. The summed E-state index contributed by atoms with van der Waals surface area (Å²) in [5.74, 6) is 0. The molecule has 0 aliphatic rings. The van der Waals surface area contributed by atoms with Gasteiger partial charge in [0.25, 0.3) is 0 Å². The van der Waals surface area contributed by atoms with Crippen LogP contribution in [0.3, 0.4) is 0 Å². The Bertz CT molecular complexity index is 1040. The van der Waals surface area contributed by atoms with Gasteiger partial charge in [0.15, 0.2) is 0 Å². The molecule has 30 heavy (non-hydrogen) atoms. The number of hydrogen-bond acceptors (Lipinski definition) is 2. The quantitative estimate of drug-likeness (QED) is 0.415. The van der Waals surface area contributed by atoms with Crippen LogP contribution in [0.25, 0.3) is 5.57 Å². The standard InChI is InChI=1S/C25H26ClNO2S/c1-3-20(2)27(30(28,29)24-16-14-23(26)15-17-24)19-18-25(21-10-6-4-7-11-21)22-12-8-5-9-13-22/h4-18,20H,3,19H2,1-2H3. The first-order valence-electron chi connectivity index (χ1n) is 10.0. The molecule has 0 fully saturated rings. The average Bonchev–Trinajstić information content (AvgIpc) is 2.77. The Morgan fingerprint density at radius 3 is 1.87 bits per heavy atom. The molecule has 0 aromatic heterocycles. The van der Waals surface area contributed by atoms with Crippen molar-refractivity contribution in [3.8, 4) is 0 Å². The van der Waals surface area contributed by atoms with Crippen LogP contribution < -0.4 is 0 Å². The van der Waals surface area contributed by atoms with Gasteiger partial charge in [-0.3, -0.25) is 0 Å². The van der Waals surface area contributed by atoms with Crippen molar-refractivity contribution in [2.75, 3.05) is 6.54 Å². The number of benzene rings is 3. The van der Waals surface area contributed by atoms with Gasteiger partial charge < -0.3 is 0 Å². The van der Waals surface area contributed by atoms with Crippen molar-refractivity contribution in [1.82, 2.24) is 4.31 Å². The lowest BCUT2D eigenvalue weighted by molar-refractivity contribution is 0.355. The maximum absolute atomic E-state index is 13.4. The summed E-state index contributed by atoms with van der Waals surface area (Å²) >= 11 is 5.95. The van der Waals surface area contributed by atoms with Crippen molar-refractivity contribution < 1.29 is 8.42 Å². The number of hydrogen-bond donors (Lipinski definition) is 0. The monoisotopic (exact) mass is 439 g/mol. The van der Waals surface area contributed by atoms with E-state index in [1.165, 1.54) is 0 Å². The molecule has 0 amide bonds. The third kappa shape index (κ3) is 5.20. The summed E-state index contributed by atoms with van der Waals surface area (Å²) in [5, 5.41) is 0.513. The normalized spacial score (nSPS) is 12.5. The van der Waals surface area contributed by atoms with Crippen molar-refractivity contribution in [2.45, 2.75) is 31.2 Å². The predicted octanol–water partition coefficient (Wildman–Crippen LogP) is 6.26. The SMILES string of the molecule is CCC(C)N(CC=C(c1ccccc1)c1ccccc1)S(=O)(=O)c1ccc(Cl)cc1. The predicted molar refractivity (Wildman–Crippen MR) is 125 cm³/mol. The maximum Gasteiger partial charge on any atom is 0.243 e. The minimum Gasteiger partial charge on any atom is -0.207 e. The molecule has 0 saturated heterocycles. The lowest BCUT2D eigenvalue weighted by atomic mass is 9.97. The highest BCUT2D eigenvalue weighted by Gasteiger charge is 2.27. The van der Waals surface area contributed by atoms with Gasteiger partial charge in [-0.1, -0.05) is 85.3 Å². The molecule has 3 nitrogen and oxygen atoms in total. The Morgan fingerprint density at radius 2 is 1.40 bits per heavy atom. The van der Waals surface area contributed by atoms with Crippen molar-refractivity contribution >= 4 is 27.2 Å². The van der Waals surface area contributed by atoms with Gasteiger partial charge in [0.1, 0.15) is 0 Å². The van der Waals surface area contributed by atoms with Crippen LogP contribution in [0.1, 0.15) is 31.4 Å².